The van der Waals surface area contributed by atoms with E-state index < -0.39 is 11.9 Å². The summed E-state index contributed by atoms with van der Waals surface area (Å²) in [4.78, 5) is 22.7. The number of carboxylic acid groups (broad SMARTS) is 1. The molecule has 1 aliphatic carbocycles. The van der Waals surface area contributed by atoms with Gasteiger partial charge in [0.05, 0.1) is 11.0 Å². The number of hydrogen-bond acceptors (Lipinski definition) is 3. The van der Waals surface area contributed by atoms with Crippen LogP contribution in [-0.2, 0) is 16.0 Å². The molecule has 5 heteroatoms. The van der Waals surface area contributed by atoms with E-state index >= 15 is 0 Å². The highest BCUT2D eigenvalue weighted by atomic mass is 35.5. The van der Waals surface area contributed by atoms with Crippen LogP contribution in [0, 0.1) is 5.92 Å². The highest BCUT2D eigenvalue weighted by Crippen LogP contribution is 2.34. The number of Topliss-reactive ketones (excluding diaryl/α,β-unsaturated/α-hetero) is 1. The number of ketones is 1. The van der Waals surface area contributed by atoms with Gasteiger partial charge in [0.15, 0.2) is 0 Å². The SMILES string of the molecule is O=C(O)CCCCC/C=C1\C(=O)C(Cl)=CC1/C(O)=C\Cc1ccccc1. The first-order valence-electron chi connectivity index (χ1n) is 8.76. The lowest BCUT2D eigenvalue weighted by molar-refractivity contribution is -0.137. The molecule has 26 heavy (non-hydrogen) atoms. The molecule has 0 aromatic heterocycles. The maximum Gasteiger partial charge on any atom is 0.303 e. The number of aliphatic carboxylic acids is 1. The van der Waals surface area contributed by atoms with Gasteiger partial charge in [0.2, 0.25) is 5.78 Å². The van der Waals surface area contributed by atoms with Crippen LogP contribution in [0.1, 0.15) is 37.7 Å². The Balaban J connectivity index is 1.97. The zero-order valence-electron chi connectivity index (χ0n) is 14.5. The largest absolute Gasteiger partial charge is 0.512 e. The number of allylic oxidation sites excluding steroid dienone is 4. The fraction of sp³-hybridized carbons (Fsp3) is 0.333. The molecule has 1 atom stereocenters. The monoisotopic (exact) mass is 374 g/mol. The summed E-state index contributed by atoms with van der Waals surface area (Å²) >= 11 is 5.98. The highest BCUT2D eigenvalue weighted by molar-refractivity contribution is 6.46. The molecule has 0 saturated carbocycles. The van der Waals surface area contributed by atoms with E-state index in [0.29, 0.717) is 24.8 Å². The summed E-state index contributed by atoms with van der Waals surface area (Å²) < 4.78 is 0. The van der Waals surface area contributed by atoms with E-state index in [1.165, 1.54) is 0 Å². The zero-order valence-corrected chi connectivity index (χ0v) is 15.3. The van der Waals surface area contributed by atoms with Crippen molar-refractivity contribution in [1.29, 1.82) is 0 Å². The fourth-order valence-electron chi connectivity index (χ4n) is 2.87. The summed E-state index contributed by atoms with van der Waals surface area (Å²) in [5, 5.41) is 19.2. The molecule has 1 aliphatic rings. The van der Waals surface area contributed by atoms with Crippen LogP contribution < -0.4 is 0 Å². The van der Waals surface area contributed by atoms with Gasteiger partial charge in [0.25, 0.3) is 0 Å². The smallest absolute Gasteiger partial charge is 0.303 e. The second-order valence-corrected chi connectivity index (χ2v) is 6.70. The van der Waals surface area contributed by atoms with Crippen molar-refractivity contribution < 1.29 is 19.8 Å². The van der Waals surface area contributed by atoms with Crippen molar-refractivity contribution >= 4 is 23.4 Å². The Bertz CT molecular complexity index is 732. The predicted octanol–water partition coefficient (Wildman–Crippen LogP) is 4.95. The highest BCUT2D eigenvalue weighted by Gasteiger charge is 2.31. The quantitative estimate of drug-likeness (QED) is 0.364. The molecule has 0 bridgehead atoms. The molecule has 0 amide bonds. The third-order valence-corrected chi connectivity index (χ3v) is 4.59. The third kappa shape index (κ3) is 5.88. The number of carboxylic acids is 1. The van der Waals surface area contributed by atoms with E-state index in [9.17, 15) is 14.7 Å². The topological polar surface area (TPSA) is 74.6 Å². The molecule has 1 aromatic carbocycles. The van der Waals surface area contributed by atoms with Crippen LogP contribution in [0.2, 0.25) is 0 Å². The number of rotatable bonds is 9. The molecule has 4 nitrogen and oxygen atoms in total. The van der Waals surface area contributed by atoms with Crippen molar-refractivity contribution in [3.05, 3.63) is 70.5 Å². The number of halogens is 1. The minimum Gasteiger partial charge on any atom is -0.512 e. The molecule has 0 spiro atoms. The first-order valence-corrected chi connectivity index (χ1v) is 9.13. The maximum atomic E-state index is 12.2. The van der Waals surface area contributed by atoms with E-state index in [-0.39, 0.29) is 23.0 Å². The van der Waals surface area contributed by atoms with E-state index in [0.717, 1.165) is 18.4 Å². The van der Waals surface area contributed by atoms with Crippen LogP contribution in [0.3, 0.4) is 0 Å². The molecular weight excluding hydrogens is 352 g/mol. The Labute approximate surface area is 158 Å². The van der Waals surface area contributed by atoms with E-state index in [1.807, 2.05) is 36.4 Å². The average molecular weight is 375 g/mol. The van der Waals surface area contributed by atoms with Gasteiger partial charge in [0.1, 0.15) is 5.76 Å². The summed E-state index contributed by atoms with van der Waals surface area (Å²) in [7, 11) is 0. The van der Waals surface area contributed by atoms with Gasteiger partial charge in [-0.1, -0.05) is 54.4 Å². The van der Waals surface area contributed by atoms with E-state index in [1.54, 1.807) is 12.2 Å². The summed E-state index contributed by atoms with van der Waals surface area (Å²) in [5.74, 6) is -1.42. The first-order chi connectivity index (χ1) is 12.5. The van der Waals surface area contributed by atoms with Crippen LogP contribution in [0.4, 0.5) is 0 Å². The van der Waals surface area contributed by atoms with Crippen LogP contribution >= 0.6 is 11.6 Å². The molecule has 0 fully saturated rings. The number of aliphatic hydroxyl groups excluding tert-OH is 1. The van der Waals surface area contributed by atoms with Crippen molar-refractivity contribution in [3.63, 3.8) is 0 Å². The van der Waals surface area contributed by atoms with Gasteiger partial charge in [-0.3, -0.25) is 9.59 Å². The lowest BCUT2D eigenvalue weighted by Gasteiger charge is -2.10. The Kier molecular flexibility index (Phi) is 7.67. The van der Waals surface area contributed by atoms with Gasteiger partial charge in [-0.05, 0) is 43.4 Å². The second-order valence-electron chi connectivity index (χ2n) is 6.29. The molecule has 2 N–H and O–H groups in total. The van der Waals surface area contributed by atoms with Crippen LogP contribution in [-0.4, -0.2) is 22.0 Å². The maximum absolute atomic E-state index is 12.2. The second kappa shape index (κ2) is 9.97. The van der Waals surface area contributed by atoms with Gasteiger partial charge < -0.3 is 10.2 Å². The number of aliphatic hydroxyl groups is 1. The number of carbonyl (C=O) groups excluding carboxylic acids is 1. The predicted molar refractivity (Wildman–Crippen MR) is 102 cm³/mol. The molecule has 2 rings (SSSR count). The number of unbranched alkanes of at least 4 members (excludes halogenated alkanes) is 3. The normalized spacial score (nSPS) is 19.0. The van der Waals surface area contributed by atoms with Gasteiger partial charge in [0, 0.05) is 12.0 Å². The van der Waals surface area contributed by atoms with Crippen molar-refractivity contribution in [2.45, 2.75) is 38.5 Å². The lowest BCUT2D eigenvalue weighted by Crippen LogP contribution is -2.07. The van der Waals surface area contributed by atoms with Crippen LogP contribution in [0.5, 0.6) is 0 Å². The molecule has 138 valence electrons. The van der Waals surface area contributed by atoms with Crippen molar-refractivity contribution in [3.8, 4) is 0 Å². The average Bonchev–Trinajstić information content (AvgIpc) is 2.91. The Morgan fingerprint density at radius 1 is 1.12 bits per heavy atom. The van der Waals surface area contributed by atoms with Crippen molar-refractivity contribution in [2.24, 2.45) is 5.92 Å². The molecule has 0 saturated heterocycles. The Morgan fingerprint density at radius 3 is 2.54 bits per heavy atom. The van der Waals surface area contributed by atoms with Crippen molar-refractivity contribution in [1.82, 2.24) is 0 Å². The Morgan fingerprint density at radius 2 is 1.85 bits per heavy atom. The summed E-state index contributed by atoms with van der Waals surface area (Å²) in [5.41, 5.74) is 1.57. The molecular formula is C21H23ClO4. The summed E-state index contributed by atoms with van der Waals surface area (Å²) in [6, 6.07) is 9.75. The number of hydrogen-bond donors (Lipinski definition) is 2. The van der Waals surface area contributed by atoms with Crippen molar-refractivity contribution in [2.75, 3.05) is 0 Å². The van der Waals surface area contributed by atoms with Gasteiger partial charge in [-0.15, -0.1) is 0 Å². The lowest BCUT2D eigenvalue weighted by atomic mass is 9.96. The van der Waals surface area contributed by atoms with E-state index in [2.05, 4.69) is 0 Å². The van der Waals surface area contributed by atoms with Crippen LogP contribution in [0.15, 0.2) is 64.9 Å². The third-order valence-electron chi connectivity index (χ3n) is 4.29. The summed E-state index contributed by atoms with van der Waals surface area (Å²) in [6.45, 7) is 0. The molecule has 0 aliphatic heterocycles. The van der Waals surface area contributed by atoms with Gasteiger partial charge >= 0.3 is 5.97 Å². The first kappa shape index (κ1) is 20.0. The minimum absolute atomic E-state index is 0.120. The summed E-state index contributed by atoms with van der Waals surface area (Å²) in [6.07, 6.45) is 8.69. The molecule has 0 radical (unpaired) electrons. The zero-order chi connectivity index (χ0) is 18.9. The van der Waals surface area contributed by atoms with E-state index in [4.69, 9.17) is 16.7 Å². The molecule has 0 heterocycles. The number of benzene rings is 1. The van der Waals surface area contributed by atoms with Gasteiger partial charge in [-0.25, -0.2) is 0 Å². The fourth-order valence-corrected chi connectivity index (χ4v) is 3.11. The number of carbonyl (C=O) groups is 2. The minimum atomic E-state index is -0.793. The standard InChI is InChI=1S/C21H23ClO4/c22-18-14-17(19(23)13-12-15-8-4-3-5-9-15)16(21(18)26)10-6-1-2-7-11-20(24)25/h3-5,8-10,13-14,17,23H,1-2,6-7,11-12H2,(H,24,25)/b16-10-,19-13+. The molecule has 1 aromatic rings. The van der Waals surface area contributed by atoms with Crippen LogP contribution in [0.25, 0.3) is 0 Å². The Hall–Kier alpha value is -2.33. The molecule has 1 unspecified atom stereocenters. The van der Waals surface area contributed by atoms with Gasteiger partial charge in [-0.2, -0.15) is 0 Å².